The van der Waals surface area contributed by atoms with Crippen molar-refractivity contribution in [3.05, 3.63) is 143 Å². The quantitative estimate of drug-likeness (QED) is 0.365. The Balaban J connectivity index is 1.15. The van der Waals surface area contributed by atoms with Gasteiger partial charge in [-0.1, -0.05) is 60.1 Å². The standard InChI is InChI=1S/C34H26N2O2/c37-33(31-19-15-29(16-20-31)13-11-27-7-3-1-4-8-27)35-23-25-36(26-24-35)34(38)32-21-17-30(18-22-32)14-12-28-9-5-2-6-10-28/h1-10,15-22H,23-26H2. The summed E-state index contributed by atoms with van der Waals surface area (Å²) >= 11 is 0. The van der Waals surface area contributed by atoms with Crippen LogP contribution in [0.3, 0.4) is 0 Å². The summed E-state index contributed by atoms with van der Waals surface area (Å²) in [6, 6.07) is 34.4. The molecule has 4 aromatic rings. The van der Waals surface area contributed by atoms with Crippen LogP contribution in [0, 0.1) is 23.7 Å². The average Bonchev–Trinajstić information content (AvgIpc) is 3.00. The monoisotopic (exact) mass is 494 g/mol. The number of nitrogens with zero attached hydrogens (tertiary/aromatic N) is 2. The van der Waals surface area contributed by atoms with Gasteiger partial charge in [-0.15, -0.1) is 0 Å². The molecule has 4 heteroatoms. The van der Waals surface area contributed by atoms with Crippen molar-refractivity contribution in [1.82, 2.24) is 9.80 Å². The van der Waals surface area contributed by atoms with Gasteiger partial charge in [0, 0.05) is 59.6 Å². The van der Waals surface area contributed by atoms with Gasteiger partial charge < -0.3 is 9.80 Å². The molecule has 1 saturated heterocycles. The average molecular weight is 495 g/mol. The van der Waals surface area contributed by atoms with Gasteiger partial charge in [-0.3, -0.25) is 9.59 Å². The lowest BCUT2D eigenvalue weighted by Crippen LogP contribution is -2.50. The zero-order valence-electron chi connectivity index (χ0n) is 20.9. The Bertz CT molecular complexity index is 1410. The van der Waals surface area contributed by atoms with Crippen LogP contribution in [0.2, 0.25) is 0 Å². The van der Waals surface area contributed by atoms with Crippen LogP contribution in [-0.2, 0) is 0 Å². The zero-order chi connectivity index (χ0) is 26.2. The van der Waals surface area contributed by atoms with Crippen LogP contribution in [0.1, 0.15) is 43.0 Å². The largest absolute Gasteiger partial charge is 0.335 e. The first-order valence-corrected chi connectivity index (χ1v) is 12.6. The fraction of sp³-hybridized carbons (Fsp3) is 0.118. The summed E-state index contributed by atoms with van der Waals surface area (Å²) in [5, 5.41) is 0. The molecule has 0 radical (unpaired) electrons. The van der Waals surface area contributed by atoms with Crippen molar-refractivity contribution >= 4 is 11.8 Å². The summed E-state index contributed by atoms with van der Waals surface area (Å²) < 4.78 is 0. The van der Waals surface area contributed by atoms with Gasteiger partial charge >= 0.3 is 0 Å². The Morgan fingerprint density at radius 3 is 1.03 bits per heavy atom. The van der Waals surface area contributed by atoms with Crippen LogP contribution in [-0.4, -0.2) is 47.8 Å². The van der Waals surface area contributed by atoms with Crippen LogP contribution < -0.4 is 0 Å². The van der Waals surface area contributed by atoms with Crippen molar-refractivity contribution < 1.29 is 9.59 Å². The van der Waals surface area contributed by atoms with Crippen LogP contribution in [0.15, 0.2) is 109 Å². The molecule has 38 heavy (non-hydrogen) atoms. The van der Waals surface area contributed by atoms with Gasteiger partial charge in [0.25, 0.3) is 11.8 Å². The first-order chi connectivity index (χ1) is 18.7. The molecule has 1 heterocycles. The maximum atomic E-state index is 13.0. The fourth-order valence-electron chi connectivity index (χ4n) is 4.20. The lowest BCUT2D eigenvalue weighted by Gasteiger charge is -2.35. The summed E-state index contributed by atoms with van der Waals surface area (Å²) in [6.45, 7) is 2.00. The highest BCUT2D eigenvalue weighted by molar-refractivity contribution is 5.96. The lowest BCUT2D eigenvalue weighted by atomic mass is 10.1. The molecule has 4 aromatic carbocycles. The molecule has 2 amide bonds. The van der Waals surface area contributed by atoms with E-state index < -0.39 is 0 Å². The molecule has 0 bridgehead atoms. The minimum atomic E-state index is -0.0268. The summed E-state index contributed by atoms with van der Waals surface area (Å²) in [4.78, 5) is 29.6. The van der Waals surface area contributed by atoms with Gasteiger partial charge in [-0.05, 0) is 72.8 Å². The predicted octanol–water partition coefficient (Wildman–Crippen LogP) is 5.08. The van der Waals surface area contributed by atoms with Gasteiger partial charge in [0.2, 0.25) is 0 Å². The van der Waals surface area contributed by atoms with Crippen molar-refractivity contribution in [1.29, 1.82) is 0 Å². The smallest absolute Gasteiger partial charge is 0.253 e. The van der Waals surface area contributed by atoms with E-state index in [0.717, 1.165) is 22.3 Å². The first kappa shape index (κ1) is 24.6. The highest BCUT2D eigenvalue weighted by Crippen LogP contribution is 2.14. The Morgan fingerprint density at radius 1 is 0.421 bits per heavy atom. The normalized spacial score (nSPS) is 12.5. The highest BCUT2D eigenvalue weighted by Gasteiger charge is 2.25. The van der Waals surface area contributed by atoms with Gasteiger partial charge in [-0.2, -0.15) is 0 Å². The zero-order valence-corrected chi connectivity index (χ0v) is 20.9. The summed E-state index contributed by atoms with van der Waals surface area (Å²) in [6.07, 6.45) is 0. The van der Waals surface area contributed by atoms with E-state index in [9.17, 15) is 9.59 Å². The molecule has 0 N–H and O–H groups in total. The molecule has 5 rings (SSSR count). The number of piperazine rings is 1. The predicted molar refractivity (Wildman–Crippen MR) is 150 cm³/mol. The number of hydrogen-bond donors (Lipinski definition) is 0. The Hall–Kier alpha value is -5.06. The molecule has 1 aliphatic heterocycles. The number of benzene rings is 4. The van der Waals surface area contributed by atoms with E-state index in [-0.39, 0.29) is 11.8 Å². The molecule has 0 atom stereocenters. The number of rotatable bonds is 2. The molecule has 0 aromatic heterocycles. The second kappa shape index (κ2) is 11.8. The first-order valence-electron chi connectivity index (χ1n) is 12.6. The van der Waals surface area contributed by atoms with Gasteiger partial charge in [0.1, 0.15) is 0 Å². The third-order valence-corrected chi connectivity index (χ3v) is 6.37. The number of amides is 2. The Morgan fingerprint density at radius 2 is 0.711 bits per heavy atom. The highest BCUT2D eigenvalue weighted by atomic mass is 16.2. The molecular weight excluding hydrogens is 468 g/mol. The fourth-order valence-corrected chi connectivity index (χ4v) is 4.20. The van der Waals surface area contributed by atoms with E-state index in [2.05, 4.69) is 23.7 Å². The lowest BCUT2D eigenvalue weighted by molar-refractivity contribution is 0.0535. The van der Waals surface area contributed by atoms with Crippen LogP contribution in [0.4, 0.5) is 0 Å². The topological polar surface area (TPSA) is 40.6 Å². The Labute approximate surface area is 223 Å². The molecule has 1 fully saturated rings. The SMILES string of the molecule is O=C(c1ccc(C#Cc2ccccc2)cc1)N1CCN(C(=O)c2ccc(C#Cc3ccccc3)cc2)CC1. The van der Waals surface area contributed by atoms with E-state index in [0.29, 0.717) is 37.3 Å². The Kier molecular flexibility index (Phi) is 7.64. The van der Waals surface area contributed by atoms with E-state index in [1.807, 2.05) is 109 Å². The second-order valence-electron chi connectivity index (χ2n) is 8.97. The minimum absolute atomic E-state index is 0.0268. The third kappa shape index (κ3) is 6.19. The van der Waals surface area contributed by atoms with E-state index in [1.54, 1.807) is 9.80 Å². The van der Waals surface area contributed by atoms with Crippen molar-refractivity contribution in [3.8, 4) is 23.7 Å². The van der Waals surface area contributed by atoms with Gasteiger partial charge in [0.05, 0.1) is 0 Å². The molecule has 0 aliphatic carbocycles. The molecule has 0 saturated carbocycles. The van der Waals surface area contributed by atoms with Crippen molar-refractivity contribution in [3.63, 3.8) is 0 Å². The summed E-state index contributed by atoms with van der Waals surface area (Å²) in [5.74, 6) is 12.5. The maximum absolute atomic E-state index is 13.0. The molecule has 184 valence electrons. The number of carbonyl (C=O) groups is 2. The van der Waals surface area contributed by atoms with Gasteiger partial charge in [0.15, 0.2) is 0 Å². The van der Waals surface area contributed by atoms with Crippen LogP contribution in [0.25, 0.3) is 0 Å². The van der Waals surface area contributed by atoms with Crippen molar-refractivity contribution in [2.24, 2.45) is 0 Å². The van der Waals surface area contributed by atoms with Crippen LogP contribution in [0.5, 0.6) is 0 Å². The van der Waals surface area contributed by atoms with Crippen molar-refractivity contribution in [2.45, 2.75) is 0 Å². The second-order valence-corrected chi connectivity index (χ2v) is 8.97. The number of hydrogen-bond acceptors (Lipinski definition) is 2. The maximum Gasteiger partial charge on any atom is 0.253 e. The van der Waals surface area contributed by atoms with E-state index in [4.69, 9.17) is 0 Å². The molecule has 0 spiro atoms. The summed E-state index contributed by atoms with van der Waals surface area (Å²) in [7, 11) is 0. The molecule has 4 nitrogen and oxygen atoms in total. The van der Waals surface area contributed by atoms with Crippen LogP contribution >= 0.6 is 0 Å². The molecule has 1 aliphatic rings. The summed E-state index contributed by atoms with van der Waals surface area (Å²) in [5.41, 5.74) is 4.88. The minimum Gasteiger partial charge on any atom is -0.335 e. The number of carbonyl (C=O) groups excluding carboxylic acids is 2. The molecule has 0 unspecified atom stereocenters. The van der Waals surface area contributed by atoms with Crippen molar-refractivity contribution in [2.75, 3.05) is 26.2 Å². The molecular formula is C34H26N2O2. The van der Waals surface area contributed by atoms with Gasteiger partial charge in [-0.25, -0.2) is 0 Å². The van der Waals surface area contributed by atoms with E-state index >= 15 is 0 Å². The third-order valence-electron chi connectivity index (χ3n) is 6.37. The van der Waals surface area contributed by atoms with E-state index in [1.165, 1.54) is 0 Å².